The molecule has 1 aromatic heterocycles. The van der Waals surface area contributed by atoms with Crippen LogP contribution in [0.15, 0.2) is 48.7 Å². The Bertz CT molecular complexity index is 1540. The van der Waals surface area contributed by atoms with Crippen LogP contribution in [0.5, 0.6) is 0 Å². The third kappa shape index (κ3) is 9.62. The number of Topliss-reactive ketones (excluding diaryl/α,β-unsaturated/α-hetero) is 2. The number of benzene rings is 2. The first-order chi connectivity index (χ1) is 21.2. The van der Waals surface area contributed by atoms with E-state index in [0.29, 0.717) is 29.1 Å². The van der Waals surface area contributed by atoms with E-state index < -0.39 is 23.9 Å². The van der Waals surface area contributed by atoms with Gasteiger partial charge in [0.15, 0.2) is 5.82 Å². The van der Waals surface area contributed by atoms with Crippen molar-refractivity contribution in [3.8, 4) is 0 Å². The van der Waals surface area contributed by atoms with Gasteiger partial charge in [-0.2, -0.15) is 31.3 Å². The Hall–Kier alpha value is -4.24. The topological polar surface area (TPSA) is 125 Å². The molecule has 2 aromatic carbocycles. The van der Waals surface area contributed by atoms with Crippen molar-refractivity contribution in [2.24, 2.45) is 5.92 Å². The molecule has 3 heterocycles. The number of rotatable bonds is 4. The predicted molar refractivity (Wildman–Crippen MR) is 155 cm³/mol. The first kappa shape index (κ1) is 33.6. The van der Waals surface area contributed by atoms with Crippen molar-refractivity contribution in [2.75, 3.05) is 29.0 Å². The van der Waals surface area contributed by atoms with Crippen LogP contribution in [-0.4, -0.2) is 52.9 Å². The van der Waals surface area contributed by atoms with Gasteiger partial charge in [0.1, 0.15) is 5.02 Å². The van der Waals surface area contributed by atoms with Gasteiger partial charge in [-0.25, -0.2) is 4.98 Å². The quantitative estimate of drug-likeness (QED) is 0.191. The SMILES string of the molecule is O=C(C(=O)C(F)(F)F)C(F)(F)F.O=C(CC1CCNCC1)Nc1ccc2cc1CCc1cccc(c1)Nc1ncc(Cl)c(n1)N2. The minimum atomic E-state index is -5.77. The lowest BCUT2D eigenvalue weighted by Crippen LogP contribution is -2.39. The lowest BCUT2D eigenvalue weighted by Gasteiger charge is -2.22. The molecule has 6 bridgehead atoms. The molecule has 45 heavy (non-hydrogen) atoms. The largest absolute Gasteiger partial charge is 0.458 e. The van der Waals surface area contributed by atoms with Crippen LogP contribution >= 0.6 is 11.6 Å². The van der Waals surface area contributed by atoms with Crippen molar-refractivity contribution in [3.63, 3.8) is 0 Å². The van der Waals surface area contributed by atoms with Crippen LogP contribution < -0.4 is 21.3 Å². The number of hydrogen-bond acceptors (Lipinski definition) is 8. The van der Waals surface area contributed by atoms with Gasteiger partial charge >= 0.3 is 23.9 Å². The fourth-order valence-corrected chi connectivity index (χ4v) is 4.81. The molecule has 0 unspecified atom stereocenters. The summed E-state index contributed by atoms with van der Waals surface area (Å²) in [4.78, 5) is 40.9. The maximum atomic E-state index is 12.8. The van der Waals surface area contributed by atoms with Crippen LogP contribution in [0.25, 0.3) is 0 Å². The van der Waals surface area contributed by atoms with Crippen molar-refractivity contribution >= 4 is 57.9 Å². The number of nitrogens with zero attached hydrogens (tertiary/aromatic N) is 2. The lowest BCUT2D eigenvalue weighted by molar-refractivity contribution is -0.193. The average Bonchev–Trinajstić information content (AvgIpc) is 2.98. The Balaban J connectivity index is 0.000000328. The molecule has 4 N–H and O–H groups in total. The van der Waals surface area contributed by atoms with Gasteiger partial charge < -0.3 is 21.3 Å². The Morgan fingerprint density at radius 1 is 0.889 bits per heavy atom. The summed E-state index contributed by atoms with van der Waals surface area (Å²) in [6.07, 6.45) is -5.66. The van der Waals surface area contributed by atoms with E-state index in [-0.39, 0.29) is 5.91 Å². The molecule has 5 rings (SSSR count). The molecule has 2 aliphatic heterocycles. The number of carbonyl (C=O) groups excluding carboxylic acids is 3. The van der Waals surface area contributed by atoms with Gasteiger partial charge in [0.05, 0.1) is 6.20 Å². The number of ketones is 2. The number of halogens is 7. The average molecular weight is 657 g/mol. The van der Waals surface area contributed by atoms with Crippen molar-refractivity contribution in [3.05, 3.63) is 64.8 Å². The van der Waals surface area contributed by atoms with Crippen LogP contribution in [0.4, 0.5) is 55.2 Å². The highest BCUT2D eigenvalue weighted by Crippen LogP contribution is 2.30. The third-order valence-electron chi connectivity index (χ3n) is 6.91. The maximum Gasteiger partial charge on any atom is 0.458 e. The molecule has 16 heteroatoms. The van der Waals surface area contributed by atoms with Crippen molar-refractivity contribution in [1.29, 1.82) is 0 Å². The normalized spacial score (nSPS) is 15.0. The Labute approximate surface area is 258 Å². The Morgan fingerprint density at radius 2 is 1.56 bits per heavy atom. The molecule has 0 aliphatic carbocycles. The van der Waals surface area contributed by atoms with Crippen LogP contribution in [-0.2, 0) is 27.2 Å². The standard InChI is InChI=1S/C25H27ClN6O.C4F6O2/c26-21-15-28-25-30-19-3-1-2-16(12-19)4-5-18-14-20(29-24(21)32-25)6-7-22(18)31-23(33)13-17-8-10-27-11-9-17;5-3(6,7)1(11)2(12)4(8,9)10/h1-3,6-7,12,14-15,17,27H,4-5,8-11,13H2,(H,31,33)(H2,28,29,30,32);. The summed E-state index contributed by atoms with van der Waals surface area (Å²) in [7, 11) is 0. The Morgan fingerprint density at radius 3 is 2.22 bits per heavy atom. The van der Waals surface area contributed by atoms with Gasteiger partial charge in [0, 0.05) is 23.5 Å². The second-order valence-electron chi connectivity index (χ2n) is 10.3. The zero-order valence-corrected chi connectivity index (χ0v) is 24.2. The number of alkyl halides is 6. The van der Waals surface area contributed by atoms with Crippen molar-refractivity contribution < 1.29 is 40.7 Å². The minimum Gasteiger partial charge on any atom is -0.339 e. The first-order valence-corrected chi connectivity index (χ1v) is 14.1. The molecule has 1 amide bonds. The maximum absolute atomic E-state index is 12.8. The second kappa shape index (κ2) is 14.2. The molecule has 0 spiro atoms. The highest BCUT2D eigenvalue weighted by atomic mass is 35.5. The van der Waals surface area contributed by atoms with Crippen LogP contribution in [0.3, 0.4) is 0 Å². The summed E-state index contributed by atoms with van der Waals surface area (Å²) in [6, 6.07) is 14.2. The fourth-order valence-electron chi connectivity index (χ4n) is 4.67. The fraction of sp³-hybridized carbons (Fsp3) is 0.345. The zero-order chi connectivity index (χ0) is 32.8. The summed E-state index contributed by atoms with van der Waals surface area (Å²) < 4.78 is 67.0. The number of fused-ring (bicyclic) bond motifs is 6. The zero-order valence-electron chi connectivity index (χ0n) is 23.4. The number of piperidine rings is 1. The summed E-state index contributed by atoms with van der Waals surface area (Å²) >= 11 is 6.35. The van der Waals surface area contributed by atoms with Gasteiger partial charge in [0.25, 0.3) is 0 Å². The predicted octanol–water partition coefficient (Wildman–Crippen LogP) is 6.29. The second-order valence-corrected chi connectivity index (χ2v) is 10.7. The Kier molecular flexibility index (Phi) is 10.7. The van der Waals surface area contributed by atoms with Crippen molar-refractivity contribution in [2.45, 2.75) is 44.5 Å². The number of nitrogens with one attached hydrogen (secondary N) is 4. The molecule has 1 saturated heterocycles. The molecule has 1 fully saturated rings. The summed E-state index contributed by atoms with van der Waals surface area (Å²) in [5, 5.41) is 13.5. The molecule has 3 aromatic rings. The van der Waals surface area contributed by atoms with E-state index in [4.69, 9.17) is 11.6 Å². The monoisotopic (exact) mass is 656 g/mol. The summed E-state index contributed by atoms with van der Waals surface area (Å²) in [6.45, 7) is 1.98. The van der Waals surface area contributed by atoms with Gasteiger partial charge in [-0.1, -0.05) is 23.7 Å². The number of hydrogen-bond donors (Lipinski definition) is 4. The van der Waals surface area contributed by atoms with Gasteiger partial charge in [-0.15, -0.1) is 0 Å². The molecule has 9 nitrogen and oxygen atoms in total. The number of amides is 1. The third-order valence-corrected chi connectivity index (χ3v) is 7.18. The highest BCUT2D eigenvalue weighted by Gasteiger charge is 2.54. The van der Waals surface area contributed by atoms with E-state index in [1.807, 2.05) is 24.3 Å². The molecular weight excluding hydrogens is 630 g/mol. The first-order valence-electron chi connectivity index (χ1n) is 13.7. The van der Waals surface area contributed by atoms with Crippen LogP contribution in [0.1, 0.15) is 30.4 Å². The molecule has 240 valence electrons. The van der Waals surface area contributed by atoms with Crippen molar-refractivity contribution in [1.82, 2.24) is 15.3 Å². The number of aryl methyl sites for hydroxylation is 2. The van der Waals surface area contributed by atoms with E-state index in [9.17, 15) is 40.7 Å². The molecule has 0 saturated carbocycles. The summed E-state index contributed by atoms with van der Waals surface area (Å²) in [5.41, 5.74) is 4.90. The number of carbonyl (C=O) groups is 3. The molecule has 0 atom stereocenters. The highest BCUT2D eigenvalue weighted by molar-refractivity contribution is 6.41. The number of aromatic nitrogens is 2. The van der Waals surface area contributed by atoms with E-state index in [0.717, 1.165) is 61.4 Å². The van der Waals surface area contributed by atoms with Gasteiger partial charge in [-0.3, -0.25) is 14.4 Å². The van der Waals surface area contributed by atoms with Crippen LogP contribution in [0, 0.1) is 5.92 Å². The molecule has 0 radical (unpaired) electrons. The van der Waals surface area contributed by atoms with Gasteiger partial charge in [0.2, 0.25) is 11.9 Å². The van der Waals surface area contributed by atoms with E-state index >= 15 is 0 Å². The van der Waals surface area contributed by atoms with Crippen LogP contribution in [0.2, 0.25) is 5.02 Å². The minimum absolute atomic E-state index is 0.0801. The van der Waals surface area contributed by atoms with Gasteiger partial charge in [-0.05, 0) is 86.1 Å². The van der Waals surface area contributed by atoms with E-state index in [2.05, 4.69) is 49.4 Å². The summed E-state index contributed by atoms with van der Waals surface area (Å²) in [5.74, 6) is -5.29. The lowest BCUT2D eigenvalue weighted by atomic mass is 9.94. The van der Waals surface area contributed by atoms with E-state index in [1.165, 1.54) is 5.56 Å². The molecule has 2 aliphatic rings. The smallest absolute Gasteiger partial charge is 0.339 e. The van der Waals surface area contributed by atoms with E-state index in [1.54, 1.807) is 6.20 Å². The molecular formula is C29H27ClF6N6O3. The number of anilines is 5.